The van der Waals surface area contributed by atoms with Crippen LogP contribution in [0.5, 0.6) is 0 Å². The smallest absolute Gasteiger partial charge is 0.140 e. The van der Waals surface area contributed by atoms with E-state index < -0.39 is 0 Å². The lowest BCUT2D eigenvalue weighted by Crippen LogP contribution is -2.32. The normalized spacial score (nSPS) is 22.1. The van der Waals surface area contributed by atoms with Gasteiger partial charge in [-0.05, 0) is 44.0 Å². The molecule has 0 radical (unpaired) electrons. The molecule has 2 rings (SSSR count). The van der Waals surface area contributed by atoms with Gasteiger partial charge in [0.1, 0.15) is 5.82 Å². The molecule has 0 amide bonds. The van der Waals surface area contributed by atoms with Gasteiger partial charge < -0.3 is 5.43 Å². The number of likely N-dealkylation sites (tertiary alicyclic amines) is 1. The minimum Gasteiger partial charge on any atom is -0.308 e. The van der Waals surface area contributed by atoms with Gasteiger partial charge in [0.15, 0.2) is 0 Å². The Morgan fingerprint density at radius 3 is 3.18 bits per heavy atom. The van der Waals surface area contributed by atoms with E-state index in [1.165, 1.54) is 37.8 Å². The molecule has 0 aromatic carbocycles. The molecule has 1 atom stereocenters. The zero-order valence-corrected chi connectivity index (χ0v) is 10.5. The topological polar surface area (TPSA) is 54.2 Å². The van der Waals surface area contributed by atoms with E-state index in [2.05, 4.69) is 28.3 Å². The lowest BCUT2D eigenvalue weighted by atomic mass is 10.1. The highest BCUT2D eigenvalue weighted by Crippen LogP contribution is 2.19. The first-order valence-corrected chi connectivity index (χ1v) is 6.45. The highest BCUT2D eigenvalue weighted by atomic mass is 15.2. The summed E-state index contributed by atoms with van der Waals surface area (Å²) >= 11 is 0. The quantitative estimate of drug-likeness (QED) is 0.621. The van der Waals surface area contributed by atoms with E-state index in [1.54, 1.807) is 0 Å². The van der Waals surface area contributed by atoms with Gasteiger partial charge in [-0.1, -0.05) is 12.8 Å². The number of anilines is 1. The molecule has 1 aliphatic heterocycles. The van der Waals surface area contributed by atoms with E-state index in [-0.39, 0.29) is 0 Å². The summed E-state index contributed by atoms with van der Waals surface area (Å²) < 4.78 is 0. The largest absolute Gasteiger partial charge is 0.308 e. The maximum Gasteiger partial charge on any atom is 0.140 e. The monoisotopic (exact) mass is 234 g/mol. The van der Waals surface area contributed by atoms with Crippen molar-refractivity contribution in [2.24, 2.45) is 5.84 Å². The third kappa shape index (κ3) is 3.41. The average molecular weight is 234 g/mol. The number of hydrogen-bond donors (Lipinski definition) is 2. The zero-order chi connectivity index (χ0) is 12.1. The fourth-order valence-electron chi connectivity index (χ4n) is 2.46. The van der Waals surface area contributed by atoms with Crippen molar-refractivity contribution in [1.82, 2.24) is 9.88 Å². The van der Waals surface area contributed by atoms with Crippen molar-refractivity contribution in [2.75, 3.05) is 12.0 Å². The van der Waals surface area contributed by atoms with Crippen LogP contribution < -0.4 is 11.3 Å². The van der Waals surface area contributed by atoms with Crippen LogP contribution in [0.1, 0.15) is 38.2 Å². The maximum absolute atomic E-state index is 5.38. The van der Waals surface area contributed by atoms with Crippen LogP contribution in [-0.2, 0) is 6.54 Å². The summed E-state index contributed by atoms with van der Waals surface area (Å²) in [4.78, 5) is 6.69. The molecule has 0 bridgehead atoms. The molecule has 0 spiro atoms. The number of hydrogen-bond acceptors (Lipinski definition) is 4. The Hall–Kier alpha value is -1.13. The Morgan fingerprint density at radius 1 is 1.47 bits per heavy atom. The Kier molecular flexibility index (Phi) is 4.34. The van der Waals surface area contributed by atoms with Gasteiger partial charge >= 0.3 is 0 Å². The minimum absolute atomic E-state index is 0.681. The van der Waals surface area contributed by atoms with Crippen LogP contribution >= 0.6 is 0 Å². The highest BCUT2D eigenvalue weighted by molar-refractivity contribution is 5.35. The number of nitrogens with zero attached hydrogens (tertiary/aromatic N) is 2. The lowest BCUT2D eigenvalue weighted by Gasteiger charge is -2.26. The molecular formula is C13H22N4. The second-order valence-corrected chi connectivity index (χ2v) is 4.86. The van der Waals surface area contributed by atoms with Gasteiger partial charge in [-0.15, -0.1) is 0 Å². The molecule has 1 fully saturated rings. The summed E-state index contributed by atoms with van der Waals surface area (Å²) in [5, 5.41) is 0. The van der Waals surface area contributed by atoms with Crippen LogP contribution in [0, 0.1) is 0 Å². The third-order valence-electron chi connectivity index (χ3n) is 3.55. The van der Waals surface area contributed by atoms with Gasteiger partial charge in [0.05, 0.1) is 0 Å². The standard InChI is InChI=1S/C13H22N4/c1-11-5-3-2-4-8-17(11)10-12-6-7-15-13(9-12)16-14/h6-7,9,11H,2-5,8,10,14H2,1H3,(H,15,16). The van der Waals surface area contributed by atoms with E-state index in [4.69, 9.17) is 5.84 Å². The van der Waals surface area contributed by atoms with Crippen LogP contribution in [0.25, 0.3) is 0 Å². The van der Waals surface area contributed by atoms with Crippen molar-refractivity contribution in [1.29, 1.82) is 0 Å². The molecule has 2 heterocycles. The fraction of sp³-hybridized carbons (Fsp3) is 0.615. The van der Waals surface area contributed by atoms with Crippen LogP contribution in [0.2, 0.25) is 0 Å². The second kappa shape index (κ2) is 5.98. The van der Waals surface area contributed by atoms with Crippen molar-refractivity contribution < 1.29 is 0 Å². The Morgan fingerprint density at radius 2 is 2.35 bits per heavy atom. The molecule has 0 saturated carbocycles. The third-order valence-corrected chi connectivity index (χ3v) is 3.55. The summed E-state index contributed by atoms with van der Waals surface area (Å²) in [6, 6.07) is 4.77. The number of rotatable bonds is 3. The van der Waals surface area contributed by atoms with Gasteiger partial charge in [-0.25, -0.2) is 10.8 Å². The molecule has 4 nitrogen and oxygen atoms in total. The molecule has 0 aliphatic carbocycles. The van der Waals surface area contributed by atoms with Crippen molar-refractivity contribution in [2.45, 2.75) is 45.2 Å². The van der Waals surface area contributed by atoms with Crippen molar-refractivity contribution in [3.63, 3.8) is 0 Å². The Labute approximate surface area is 103 Å². The summed E-state index contributed by atoms with van der Waals surface area (Å²) in [5.41, 5.74) is 3.88. The number of nitrogens with one attached hydrogen (secondary N) is 1. The molecule has 1 saturated heterocycles. The highest BCUT2D eigenvalue weighted by Gasteiger charge is 2.16. The summed E-state index contributed by atoms with van der Waals surface area (Å²) in [6.07, 6.45) is 7.17. The number of pyridine rings is 1. The number of hydrazine groups is 1. The van der Waals surface area contributed by atoms with Gasteiger partial charge in [0.25, 0.3) is 0 Å². The van der Waals surface area contributed by atoms with Crippen molar-refractivity contribution in [3.8, 4) is 0 Å². The molecule has 1 aromatic rings. The van der Waals surface area contributed by atoms with Gasteiger partial charge in [0, 0.05) is 18.8 Å². The van der Waals surface area contributed by atoms with E-state index in [1.807, 2.05) is 12.3 Å². The maximum atomic E-state index is 5.38. The van der Waals surface area contributed by atoms with Crippen LogP contribution in [0.3, 0.4) is 0 Å². The van der Waals surface area contributed by atoms with E-state index in [0.29, 0.717) is 6.04 Å². The predicted octanol–water partition coefficient (Wildman–Crippen LogP) is 2.13. The number of nitrogen functional groups attached to an aromatic ring is 1. The predicted molar refractivity (Wildman–Crippen MR) is 70.4 cm³/mol. The van der Waals surface area contributed by atoms with E-state index in [0.717, 1.165) is 12.4 Å². The van der Waals surface area contributed by atoms with Gasteiger partial charge in [-0.3, -0.25) is 4.90 Å². The molecule has 3 N–H and O–H groups in total. The molecule has 1 unspecified atom stereocenters. The van der Waals surface area contributed by atoms with E-state index >= 15 is 0 Å². The van der Waals surface area contributed by atoms with Crippen LogP contribution in [0.4, 0.5) is 5.82 Å². The number of aromatic nitrogens is 1. The first kappa shape index (κ1) is 12.3. The molecule has 4 heteroatoms. The summed E-state index contributed by atoms with van der Waals surface area (Å²) in [5.74, 6) is 6.12. The lowest BCUT2D eigenvalue weighted by molar-refractivity contribution is 0.205. The van der Waals surface area contributed by atoms with Crippen LogP contribution in [0.15, 0.2) is 18.3 Å². The van der Waals surface area contributed by atoms with Crippen LogP contribution in [-0.4, -0.2) is 22.5 Å². The van der Waals surface area contributed by atoms with E-state index in [9.17, 15) is 0 Å². The summed E-state index contributed by atoms with van der Waals surface area (Å²) in [7, 11) is 0. The average Bonchev–Trinajstić information content (AvgIpc) is 2.55. The first-order valence-electron chi connectivity index (χ1n) is 6.45. The number of nitrogens with two attached hydrogens (primary N) is 1. The molecule has 1 aromatic heterocycles. The van der Waals surface area contributed by atoms with Crippen molar-refractivity contribution in [3.05, 3.63) is 23.9 Å². The second-order valence-electron chi connectivity index (χ2n) is 4.86. The molecule has 94 valence electrons. The van der Waals surface area contributed by atoms with Gasteiger partial charge in [-0.2, -0.15) is 0 Å². The minimum atomic E-state index is 0.681. The zero-order valence-electron chi connectivity index (χ0n) is 10.5. The first-order chi connectivity index (χ1) is 8.29. The van der Waals surface area contributed by atoms with Crippen molar-refractivity contribution >= 4 is 5.82 Å². The molecule has 17 heavy (non-hydrogen) atoms. The molecular weight excluding hydrogens is 212 g/mol. The fourth-order valence-corrected chi connectivity index (χ4v) is 2.46. The summed E-state index contributed by atoms with van der Waals surface area (Å²) in [6.45, 7) is 4.53. The molecule has 1 aliphatic rings. The SMILES string of the molecule is CC1CCCCCN1Cc1ccnc(NN)c1. The Balaban J connectivity index is 2.02. The van der Waals surface area contributed by atoms with Gasteiger partial charge in [0.2, 0.25) is 0 Å². The Bertz CT molecular complexity index is 353.